The van der Waals surface area contributed by atoms with E-state index >= 15 is 0 Å². The molecule has 1 aliphatic rings. The second kappa shape index (κ2) is 6.79. The van der Waals surface area contributed by atoms with E-state index in [1.807, 2.05) is 4.98 Å². The molecule has 2 rings (SSSR count). The van der Waals surface area contributed by atoms with Crippen molar-refractivity contribution in [2.45, 2.75) is 24.6 Å². The minimum atomic E-state index is -4.64. The molecule has 1 aromatic heterocycles. The number of nitrogens with zero attached hydrogens (tertiary/aromatic N) is 1. The highest BCUT2D eigenvalue weighted by Gasteiger charge is 2.48. The van der Waals surface area contributed by atoms with Gasteiger partial charge in [-0.3, -0.25) is 9.78 Å². The predicted molar refractivity (Wildman–Crippen MR) is 67.3 cm³/mol. The molecule has 3 atom stereocenters. The fourth-order valence-electron chi connectivity index (χ4n) is 1.74. The molecule has 0 radical (unpaired) electrons. The first kappa shape index (κ1) is 18.6. The van der Waals surface area contributed by atoms with E-state index in [4.69, 9.17) is 29.1 Å². The van der Waals surface area contributed by atoms with Gasteiger partial charge in [0.2, 0.25) is 0 Å². The van der Waals surface area contributed by atoms with Gasteiger partial charge in [-0.25, -0.2) is 13.9 Å². The highest BCUT2D eigenvalue weighted by atomic mass is 31.2. The molecule has 1 saturated heterocycles. The van der Waals surface area contributed by atoms with Crippen molar-refractivity contribution in [2.24, 2.45) is 0 Å². The number of aromatic nitrogens is 2. The Kier molecular flexibility index (Phi) is 5.76. The van der Waals surface area contributed by atoms with Crippen molar-refractivity contribution in [2.75, 3.05) is 6.61 Å². The van der Waals surface area contributed by atoms with Crippen molar-refractivity contribution in [1.82, 2.24) is 9.55 Å². The number of aromatic amines is 1. The summed E-state index contributed by atoms with van der Waals surface area (Å²) in [7, 11) is -4.64. The highest BCUT2D eigenvalue weighted by Crippen LogP contribution is 2.35. The predicted octanol–water partition coefficient (Wildman–Crippen LogP) is -2.67. The maximum atomic E-state index is 14.3. The minimum Gasteiger partial charge on any atom is -0.394 e. The number of alkyl halides is 1. The minimum absolute atomic E-state index is 0.496. The Hall–Kier alpha value is -1.40. The molecular formula is C9H14FN2O9P. The Morgan fingerprint density at radius 2 is 2.00 bits per heavy atom. The second-order valence-electron chi connectivity index (χ2n) is 4.29. The monoisotopic (exact) mass is 344 g/mol. The fourth-order valence-corrected chi connectivity index (χ4v) is 1.74. The van der Waals surface area contributed by atoms with Crippen LogP contribution in [-0.4, -0.2) is 53.3 Å². The second-order valence-corrected chi connectivity index (χ2v) is 5.32. The summed E-state index contributed by atoms with van der Waals surface area (Å²) in [5.41, 5.74) is -1.64. The summed E-state index contributed by atoms with van der Waals surface area (Å²) in [6, 6.07) is 0.963. The lowest BCUT2D eigenvalue weighted by atomic mass is 10.2. The molecular weight excluding hydrogens is 330 g/mol. The van der Waals surface area contributed by atoms with Crippen LogP contribution in [0, 0.1) is 0 Å². The maximum Gasteiger partial charge on any atom is 0.466 e. The van der Waals surface area contributed by atoms with Crippen LogP contribution in [0.25, 0.3) is 0 Å². The van der Waals surface area contributed by atoms with Crippen molar-refractivity contribution in [3.63, 3.8) is 0 Å². The number of aliphatic hydroxyl groups is 2. The molecule has 126 valence electrons. The number of rotatable bonds is 2. The number of hydrogen-bond donors (Lipinski definition) is 6. The molecule has 22 heavy (non-hydrogen) atoms. The van der Waals surface area contributed by atoms with E-state index in [0.29, 0.717) is 4.57 Å². The van der Waals surface area contributed by atoms with Crippen LogP contribution in [0.1, 0.15) is 6.42 Å². The van der Waals surface area contributed by atoms with Crippen LogP contribution in [0.15, 0.2) is 21.9 Å². The van der Waals surface area contributed by atoms with Crippen molar-refractivity contribution >= 4 is 7.82 Å². The van der Waals surface area contributed by atoms with Gasteiger partial charge in [0, 0.05) is 12.3 Å². The Morgan fingerprint density at radius 3 is 2.41 bits per heavy atom. The van der Waals surface area contributed by atoms with E-state index in [1.54, 1.807) is 0 Å². The molecule has 0 unspecified atom stereocenters. The number of phosphoric acid groups is 1. The molecule has 6 N–H and O–H groups in total. The summed E-state index contributed by atoms with van der Waals surface area (Å²) in [5.74, 6) is -2.56. The summed E-state index contributed by atoms with van der Waals surface area (Å²) < 4.78 is 28.5. The first-order chi connectivity index (χ1) is 9.96. The Balaban J connectivity index is 0.000000422. The molecule has 0 amide bonds. The van der Waals surface area contributed by atoms with Gasteiger partial charge < -0.3 is 29.6 Å². The molecule has 13 heteroatoms. The first-order valence-corrected chi connectivity index (χ1v) is 7.29. The van der Waals surface area contributed by atoms with Crippen LogP contribution in [0.2, 0.25) is 0 Å². The number of halogens is 1. The molecule has 1 aliphatic heterocycles. The van der Waals surface area contributed by atoms with E-state index in [2.05, 4.69) is 0 Å². The Bertz CT molecular complexity index is 661. The molecule has 0 saturated carbocycles. The molecule has 11 nitrogen and oxygen atoms in total. The lowest BCUT2D eigenvalue weighted by molar-refractivity contribution is -0.205. The lowest BCUT2D eigenvalue weighted by Crippen LogP contribution is -2.41. The SMILES string of the molecule is O=P(O)(O)O.O=c1ccn([C@@]2(F)C[C@H](O)[C@@H](CO)O2)c(=O)[nH]1. The maximum absolute atomic E-state index is 14.3. The smallest absolute Gasteiger partial charge is 0.394 e. The van der Waals surface area contributed by atoms with Crippen LogP contribution in [0.3, 0.4) is 0 Å². The third kappa shape index (κ3) is 5.10. The fraction of sp³-hybridized carbons (Fsp3) is 0.556. The van der Waals surface area contributed by atoms with Crippen molar-refractivity contribution < 1.29 is 38.6 Å². The Labute approximate surface area is 121 Å². The largest absolute Gasteiger partial charge is 0.466 e. The molecule has 0 spiro atoms. The van der Waals surface area contributed by atoms with Gasteiger partial charge in [0.15, 0.2) is 0 Å². The average Bonchev–Trinajstić information content (AvgIpc) is 2.62. The van der Waals surface area contributed by atoms with Crippen molar-refractivity contribution in [3.05, 3.63) is 33.1 Å². The van der Waals surface area contributed by atoms with Gasteiger partial charge in [-0.05, 0) is 0 Å². The zero-order chi connectivity index (χ0) is 17.1. The van der Waals surface area contributed by atoms with Crippen molar-refractivity contribution in [3.8, 4) is 0 Å². The third-order valence-electron chi connectivity index (χ3n) is 2.59. The van der Waals surface area contributed by atoms with E-state index in [1.165, 1.54) is 0 Å². The van der Waals surface area contributed by atoms with Gasteiger partial charge in [-0.15, -0.1) is 0 Å². The van der Waals surface area contributed by atoms with Crippen LogP contribution < -0.4 is 11.2 Å². The number of ether oxygens (including phenoxy) is 1. The van der Waals surface area contributed by atoms with E-state index < -0.39 is 50.3 Å². The van der Waals surface area contributed by atoms with E-state index in [9.17, 15) is 19.1 Å². The van der Waals surface area contributed by atoms with Crippen LogP contribution in [0.4, 0.5) is 4.39 Å². The van der Waals surface area contributed by atoms with Gasteiger partial charge in [0.1, 0.15) is 6.10 Å². The summed E-state index contributed by atoms with van der Waals surface area (Å²) in [6.07, 6.45) is -1.87. The third-order valence-corrected chi connectivity index (χ3v) is 2.59. The first-order valence-electron chi connectivity index (χ1n) is 5.72. The van der Waals surface area contributed by atoms with Gasteiger partial charge in [0.05, 0.1) is 19.1 Å². The average molecular weight is 344 g/mol. The summed E-state index contributed by atoms with van der Waals surface area (Å²) in [6.45, 7) is -0.565. The van der Waals surface area contributed by atoms with Crippen molar-refractivity contribution in [1.29, 1.82) is 0 Å². The van der Waals surface area contributed by atoms with E-state index in [-0.39, 0.29) is 0 Å². The van der Waals surface area contributed by atoms with Gasteiger partial charge in [-0.2, -0.15) is 4.39 Å². The summed E-state index contributed by atoms with van der Waals surface area (Å²) >= 11 is 0. The van der Waals surface area contributed by atoms with Gasteiger partial charge in [-0.1, -0.05) is 0 Å². The van der Waals surface area contributed by atoms with Crippen LogP contribution >= 0.6 is 7.82 Å². The van der Waals surface area contributed by atoms with Crippen LogP contribution in [-0.2, 0) is 15.3 Å². The normalized spacial score (nSPS) is 28.1. The van der Waals surface area contributed by atoms with Gasteiger partial charge >= 0.3 is 13.5 Å². The number of hydrogen-bond acceptors (Lipinski definition) is 6. The lowest BCUT2D eigenvalue weighted by Gasteiger charge is -2.21. The standard InChI is InChI=1S/C9H11FN2O5.H3O4P/c10-9(3-5(14)6(4-13)17-9)12-2-1-7(15)11-8(12)16;1-5(2,3)4/h1-2,5-6,13-14H,3-4H2,(H,11,15,16);(H3,1,2,3,4)/t5-,6+,9-;/m0./s1. The van der Waals surface area contributed by atoms with E-state index in [0.717, 1.165) is 12.3 Å². The highest BCUT2D eigenvalue weighted by molar-refractivity contribution is 7.45. The molecule has 0 aromatic carbocycles. The molecule has 1 aromatic rings. The molecule has 1 fully saturated rings. The summed E-state index contributed by atoms with van der Waals surface area (Å²) in [5, 5.41) is 18.3. The zero-order valence-corrected chi connectivity index (χ0v) is 11.8. The molecule has 0 aliphatic carbocycles. The summed E-state index contributed by atoms with van der Waals surface area (Å²) in [4.78, 5) is 45.6. The molecule has 0 bridgehead atoms. The van der Waals surface area contributed by atoms with Gasteiger partial charge in [0.25, 0.3) is 11.5 Å². The zero-order valence-electron chi connectivity index (χ0n) is 10.9. The number of nitrogens with one attached hydrogen (secondary N) is 1. The number of aliphatic hydroxyl groups excluding tert-OH is 2. The number of H-pyrrole nitrogens is 1. The quantitative estimate of drug-likeness (QED) is 0.312. The van der Waals surface area contributed by atoms with Crippen LogP contribution in [0.5, 0.6) is 0 Å². The topological polar surface area (TPSA) is 182 Å². The molecule has 2 heterocycles. The Morgan fingerprint density at radius 1 is 1.45 bits per heavy atom.